The lowest BCUT2D eigenvalue weighted by Crippen LogP contribution is -2.37. The van der Waals surface area contributed by atoms with Crippen molar-refractivity contribution in [1.82, 2.24) is 24.6 Å². The van der Waals surface area contributed by atoms with E-state index in [1.807, 2.05) is 6.07 Å². The second-order valence-corrected chi connectivity index (χ2v) is 8.01. The van der Waals surface area contributed by atoms with Gasteiger partial charge in [0.15, 0.2) is 5.52 Å². The standard InChI is InChI=1S/C19H22Cl2N6O2.ClH/c20-14-2-1-12(9-15(14)21)10-22-19-24-16-11-23-27(17(16)18(29)25-19)8-7-26-5-3-13(28)4-6-26;/h1-2,9,11,13,28H,3-8,10H2,(H2,22,24,25,29);1H. The van der Waals surface area contributed by atoms with Crippen LogP contribution < -0.4 is 10.9 Å². The molecular formula is C19H23Cl3N6O2. The molecule has 3 heterocycles. The van der Waals surface area contributed by atoms with Crippen LogP contribution >= 0.6 is 35.6 Å². The van der Waals surface area contributed by atoms with Gasteiger partial charge >= 0.3 is 0 Å². The second kappa shape index (κ2) is 9.98. The molecule has 0 bridgehead atoms. The van der Waals surface area contributed by atoms with E-state index in [2.05, 4.69) is 25.3 Å². The summed E-state index contributed by atoms with van der Waals surface area (Å²) >= 11 is 12.0. The van der Waals surface area contributed by atoms with E-state index in [0.29, 0.717) is 40.1 Å². The molecule has 2 aromatic heterocycles. The minimum Gasteiger partial charge on any atom is -0.393 e. The number of halogens is 3. The first kappa shape index (κ1) is 22.8. The number of likely N-dealkylation sites (tertiary alicyclic amines) is 1. The van der Waals surface area contributed by atoms with Crippen molar-refractivity contribution in [3.8, 4) is 0 Å². The van der Waals surface area contributed by atoms with Gasteiger partial charge in [0.25, 0.3) is 5.56 Å². The Morgan fingerprint density at radius 2 is 1.97 bits per heavy atom. The van der Waals surface area contributed by atoms with Gasteiger partial charge < -0.3 is 15.3 Å². The average molecular weight is 474 g/mol. The zero-order valence-electron chi connectivity index (χ0n) is 16.1. The van der Waals surface area contributed by atoms with Crippen molar-refractivity contribution in [2.45, 2.75) is 32.0 Å². The molecule has 4 rings (SSSR count). The maximum absolute atomic E-state index is 12.6. The van der Waals surface area contributed by atoms with E-state index in [1.54, 1.807) is 23.0 Å². The van der Waals surface area contributed by atoms with Crippen molar-refractivity contribution in [3.63, 3.8) is 0 Å². The fourth-order valence-corrected chi connectivity index (χ4v) is 3.79. The monoisotopic (exact) mass is 472 g/mol. The van der Waals surface area contributed by atoms with Crippen LogP contribution in [0.25, 0.3) is 11.0 Å². The van der Waals surface area contributed by atoms with Crippen LogP contribution in [0.1, 0.15) is 18.4 Å². The molecule has 3 N–H and O–H groups in total. The third-order valence-corrected chi connectivity index (χ3v) is 5.87. The highest BCUT2D eigenvalue weighted by Crippen LogP contribution is 2.23. The number of piperidine rings is 1. The summed E-state index contributed by atoms with van der Waals surface area (Å²) in [5.41, 5.74) is 1.68. The molecular weight excluding hydrogens is 451 g/mol. The van der Waals surface area contributed by atoms with Gasteiger partial charge in [0.2, 0.25) is 5.95 Å². The third-order valence-electron chi connectivity index (χ3n) is 5.13. The summed E-state index contributed by atoms with van der Waals surface area (Å²) in [6.45, 7) is 3.54. The summed E-state index contributed by atoms with van der Waals surface area (Å²) in [7, 11) is 0. The highest BCUT2D eigenvalue weighted by molar-refractivity contribution is 6.42. The summed E-state index contributed by atoms with van der Waals surface area (Å²) < 4.78 is 1.69. The summed E-state index contributed by atoms with van der Waals surface area (Å²) in [5, 5.41) is 18.0. The number of nitrogens with one attached hydrogen (secondary N) is 2. The first-order valence-corrected chi connectivity index (χ1v) is 10.3. The maximum atomic E-state index is 12.6. The number of benzene rings is 1. The molecule has 1 aliphatic heterocycles. The smallest absolute Gasteiger partial charge is 0.278 e. The fourth-order valence-electron chi connectivity index (χ4n) is 3.47. The lowest BCUT2D eigenvalue weighted by molar-refractivity contribution is 0.0807. The van der Waals surface area contributed by atoms with Gasteiger partial charge in [-0.2, -0.15) is 5.10 Å². The number of aliphatic hydroxyl groups excluding tert-OH is 1. The normalized spacial score (nSPS) is 15.3. The Morgan fingerprint density at radius 3 is 2.70 bits per heavy atom. The number of hydrogen-bond donors (Lipinski definition) is 3. The first-order chi connectivity index (χ1) is 14.0. The quantitative estimate of drug-likeness (QED) is 0.509. The Balaban J connectivity index is 0.00000256. The molecule has 0 saturated carbocycles. The van der Waals surface area contributed by atoms with Gasteiger partial charge in [0.05, 0.1) is 28.9 Å². The number of anilines is 1. The molecule has 162 valence electrons. The van der Waals surface area contributed by atoms with Gasteiger partial charge in [0, 0.05) is 26.2 Å². The van der Waals surface area contributed by atoms with Gasteiger partial charge in [-0.15, -0.1) is 12.4 Å². The van der Waals surface area contributed by atoms with Crippen LogP contribution in [-0.2, 0) is 13.1 Å². The summed E-state index contributed by atoms with van der Waals surface area (Å²) in [6, 6.07) is 5.36. The molecule has 0 atom stereocenters. The molecule has 11 heteroatoms. The summed E-state index contributed by atoms with van der Waals surface area (Å²) in [5.74, 6) is 0.373. The second-order valence-electron chi connectivity index (χ2n) is 7.19. The summed E-state index contributed by atoms with van der Waals surface area (Å²) in [4.78, 5) is 22.1. The van der Waals surface area contributed by atoms with Crippen LogP contribution in [0.2, 0.25) is 10.0 Å². The first-order valence-electron chi connectivity index (χ1n) is 9.53. The molecule has 1 aromatic carbocycles. The lowest BCUT2D eigenvalue weighted by Gasteiger charge is -2.29. The Labute approximate surface area is 189 Å². The minimum absolute atomic E-state index is 0. The van der Waals surface area contributed by atoms with E-state index >= 15 is 0 Å². The molecule has 0 amide bonds. The van der Waals surface area contributed by atoms with Crippen LogP contribution in [0.5, 0.6) is 0 Å². The highest BCUT2D eigenvalue weighted by Gasteiger charge is 2.17. The number of fused-ring (bicyclic) bond motifs is 1. The zero-order valence-corrected chi connectivity index (χ0v) is 18.5. The average Bonchev–Trinajstić information content (AvgIpc) is 3.12. The van der Waals surface area contributed by atoms with Crippen molar-refractivity contribution >= 4 is 52.6 Å². The van der Waals surface area contributed by atoms with Crippen LogP contribution in [0.4, 0.5) is 5.95 Å². The molecule has 1 saturated heterocycles. The SMILES string of the molecule is Cl.O=c1[nH]c(NCc2ccc(Cl)c(Cl)c2)nc2cnn(CCN3CCC(O)CC3)c12. The molecule has 3 aromatic rings. The molecule has 8 nitrogen and oxygen atoms in total. The Kier molecular flexibility index (Phi) is 7.60. The lowest BCUT2D eigenvalue weighted by atomic mass is 10.1. The van der Waals surface area contributed by atoms with Crippen molar-refractivity contribution < 1.29 is 5.11 Å². The third kappa shape index (κ3) is 5.25. The molecule has 0 radical (unpaired) electrons. The van der Waals surface area contributed by atoms with E-state index in [1.165, 1.54) is 0 Å². The van der Waals surface area contributed by atoms with Gasteiger partial charge in [-0.3, -0.25) is 14.5 Å². The van der Waals surface area contributed by atoms with Crippen molar-refractivity contribution in [1.29, 1.82) is 0 Å². The predicted molar refractivity (Wildman–Crippen MR) is 121 cm³/mol. The van der Waals surface area contributed by atoms with E-state index in [-0.39, 0.29) is 24.1 Å². The van der Waals surface area contributed by atoms with E-state index in [0.717, 1.165) is 38.0 Å². The number of aromatic amines is 1. The molecule has 1 aliphatic rings. The number of H-pyrrole nitrogens is 1. The molecule has 0 spiro atoms. The van der Waals surface area contributed by atoms with Crippen molar-refractivity contribution in [2.75, 3.05) is 25.0 Å². The van der Waals surface area contributed by atoms with Crippen molar-refractivity contribution in [2.24, 2.45) is 0 Å². The van der Waals surface area contributed by atoms with Crippen LogP contribution in [0, 0.1) is 0 Å². The maximum Gasteiger partial charge on any atom is 0.278 e. The van der Waals surface area contributed by atoms with Crippen molar-refractivity contribution in [3.05, 3.63) is 50.4 Å². The fraction of sp³-hybridized carbons (Fsp3) is 0.421. The Hall–Kier alpha value is -1.84. The number of aromatic nitrogens is 4. The number of rotatable bonds is 6. The largest absolute Gasteiger partial charge is 0.393 e. The van der Waals surface area contributed by atoms with Crippen LogP contribution in [0.15, 0.2) is 29.2 Å². The summed E-state index contributed by atoms with van der Waals surface area (Å²) in [6.07, 6.45) is 2.99. The van der Waals surface area contributed by atoms with Gasteiger partial charge in [-0.05, 0) is 30.5 Å². The molecule has 0 unspecified atom stereocenters. The Morgan fingerprint density at radius 1 is 1.20 bits per heavy atom. The van der Waals surface area contributed by atoms with Gasteiger partial charge in [-0.1, -0.05) is 29.3 Å². The topological polar surface area (TPSA) is 99.1 Å². The van der Waals surface area contributed by atoms with Crippen LogP contribution in [0.3, 0.4) is 0 Å². The van der Waals surface area contributed by atoms with Gasteiger partial charge in [0.1, 0.15) is 5.52 Å². The van der Waals surface area contributed by atoms with Crippen LogP contribution in [-0.4, -0.2) is 55.5 Å². The number of aliphatic hydroxyl groups is 1. The molecule has 30 heavy (non-hydrogen) atoms. The number of nitrogens with zero attached hydrogens (tertiary/aromatic N) is 4. The number of hydrogen-bond acceptors (Lipinski definition) is 6. The highest BCUT2D eigenvalue weighted by atomic mass is 35.5. The van der Waals surface area contributed by atoms with E-state index in [4.69, 9.17) is 23.2 Å². The zero-order chi connectivity index (χ0) is 20.4. The Bertz CT molecular complexity index is 1060. The molecule has 0 aliphatic carbocycles. The molecule has 1 fully saturated rings. The minimum atomic E-state index is -0.238. The van der Waals surface area contributed by atoms with E-state index < -0.39 is 0 Å². The predicted octanol–water partition coefficient (Wildman–Crippen LogP) is 2.92. The van der Waals surface area contributed by atoms with Gasteiger partial charge in [-0.25, -0.2) is 4.98 Å². The van der Waals surface area contributed by atoms with E-state index in [9.17, 15) is 9.90 Å².